The topological polar surface area (TPSA) is 32.3 Å². The molecule has 13 heavy (non-hydrogen) atoms. The maximum atomic E-state index is 9.41. The van der Waals surface area contributed by atoms with Gasteiger partial charge < -0.3 is 10.4 Å². The van der Waals surface area contributed by atoms with Crippen molar-refractivity contribution in [1.29, 1.82) is 0 Å². The van der Waals surface area contributed by atoms with Crippen molar-refractivity contribution in [3.63, 3.8) is 0 Å². The molecule has 1 aromatic carbocycles. The van der Waals surface area contributed by atoms with E-state index in [1.165, 1.54) is 0 Å². The second kappa shape index (κ2) is 5.38. The Morgan fingerprint density at radius 3 is 2.85 bits per heavy atom. The maximum absolute atomic E-state index is 9.41. The molecule has 0 spiro atoms. The van der Waals surface area contributed by atoms with Crippen molar-refractivity contribution in [2.75, 3.05) is 6.54 Å². The van der Waals surface area contributed by atoms with Crippen molar-refractivity contribution in [2.24, 2.45) is 0 Å². The molecule has 0 aliphatic carbocycles. The van der Waals surface area contributed by atoms with Gasteiger partial charge in [-0.1, -0.05) is 30.4 Å². The number of hydrogen-bond acceptors (Lipinski definition) is 2. The van der Waals surface area contributed by atoms with Crippen LogP contribution in [-0.4, -0.2) is 11.7 Å². The van der Waals surface area contributed by atoms with Crippen molar-refractivity contribution >= 4 is 0 Å². The molecule has 0 atom stereocenters. The molecule has 0 fully saturated rings. The van der Waals surface area contributed by atoms with E-state index >= 15 is 0 Å². The first-order valence-electron chi connectivity index (χ1n) is 4.43. The summed E-state index contributed by atoms with van der Waals surface area (Å²) in [7, 11) is 0. The normalized spacial score (nSPS) is 10.8. The Morgan fingerprint density at radius 2 is 2.15 bits per heavy atom. The van der Waals surface area contributed by atoms with E-state index in [1.54, 1.807) is 6.07 Å². The number of hydrogen-bond donors (Lipinski definition) is 2. The Bertz CT molecular complexity index is 281. The van der Waals surface area contributed by atoms with Crippen LogP contribution < -0.4 is 5.32 Å². The fraction of sp³-hybridized carbons (Fsp3) is 0.273. The summed E-state index contributed by atoms with van der Waals surface area (Å²) >= 11 is 0. The Kier molecular flexibility index (Phi) is 4.06. The number of aromatic hydroxyl groups is 1. The van der Waals surface area contributed by atoms with Gasteiger partial charge in [-0.3, -0.25) is 0 Å². The van der Waals surface area contributed by atoms with Crippen LogP contribution in [0.3, 0.4) is 0 Å². The number of allylic oxidation sites excluding steroid dienone is 1. The fourth-order valence-corrected chi connectivity index (χ4v) is 1.07. The Balaban J connectivity index is 2.41. The standard InChI is InChI=1S/C11H15NO/c1-2-3-8-12-9-10-6-4-5-7-11(10)13/h2-7,12-13H,8-9H2,1H3/b3-2+. The highest BCUT2D eigenvalue weighted by molar-refractivity contribution is 5.31. The summed E-state index contributed by atoms with van der Waals surface area (Å²) in [5.74, 6) is 0.357. The summed E-state index contributed by atoms with van der Waals surface area (Å²) in [6.45, 7) is 3.53. The third kappa shape index (κ3) is 3.30. The van der Waals surface area contributed by atoms with Crippen molar-refractivity contribution in [2.45, 2.75) is 13.5 Å². The lowest BCUT2D eigenvalue weighted by Crippen LogP contribution is -2.12. The summed E-state index contributed by atoms with van der Waals surface area (Å²) in [5, 5.41) is 12.6. The molecule has 1 rings (SSSR count). The van der Waals surface area contributed by atoms with E-state index in [4.69, 9.17) is 0 Å². The molecule has 0 unspecified atom stereocenters. The van der Waals surface area contributed by atoms with Gasteiger partial charge in [-0.15, -0.1) is 0 Å². The van der Waals surface area contributed by atoms with Crippen LogP contribution in [0.2, 0.25) is 0 Å². The molecule has 2 N–H and O–H groups in total. The van der Waals surface area contributed by atoms with Gasteiger partial charge in [0.2, 0.25) is 0 Å². The van der Waals surface area contributed by atoms with E-state index in [9.17, 15) is 5.11 Å². The van der Waals surface area contributed by atoms with Crippen LogP contribution in [-0.2, 0) is 6.54 Å². The third-order valence-corrected chi connectivity index (χ3v) is 1.80. The van der Waals surface area contributed by atoms with Gasteiger partial charge in [0.15, 0.2) is 0 Å². The Labute approximate surface area is 78.9 Å². The van der Waals surface area contributed by atoms with Crippen molar-refractivity contribution in [1.82, 2.24) is 5.32 Å². The number of phenols is 1. The summed E-state index contributed by atoms with van der Waals surface area (Å²) in [6.07, 6.45) is 4.04. The second-order valence-corrected chi connectivity index (χ2v) is 2.83. The fourth-order valence-electron chi connectivity index (χ4n) is 1.07. The maximum Gasteiger partial charge on any atom is 0.120 e. The first-order chi connectivity index (χ1) is 6.34. The minimum Gasteiger partial charge on any atom is -0.508 e. The van der Waals surface area contributed by atoms with Gasteiger partial charge in [0.25, 0.3) is 0 Å². The lowest BCUT2D eigenvalue weighted by molar-refractivity contribution is 0.465. The summed E-state index contributed by atoms with van der Waals surface area (Å²) in [4.78, 5) is 0. The largest absolute Gasteiger partial charge is 0.508 e. The molecule has 0 aliphatic rings. The molecule has 2 heteroatoms. The summed E-state index contributed by atoms with van der Waals surface area (Å²) in [5.41, 5.74) is 0.937. The lowest BCUT2D eigenvalue weighted by atomic mass is 10.2. The molecule has 2 nitrogen and oxygen atoms in total. The molecule has 0 radical (unpaired) electrons. The molecule has 0 saturated heterocycles. The van der Waals surface area contributed by atoms with Gasteiger partial charge in [-0.05, 0) is 13.0 Å². The highest BCUT2D eigenvalue weighted by atomic mass is 16.3. The predicted molar refractivity (Wildman–Crippen MR) is 54.6 cm³/mol. The zero-order valence-electron chi connectivity index (χ0n) is 7.83. The highest BCUT2D eigenvalue weighted by Crippen LogP contribution is 2.14. The third-order valence-electron chi connectivity index (χ3n) is 1.80. The van der Waals surface area contributed by atoms with Crippen LogP contribution in [0.4, 0.5) is 0 Å². The quantitative estimate of drug-likeness (QED) is 0.545. The van der Waals surface area contributed by atoms with Crippen LogP contribution in [0.15, 0.2) is 36.4 Å². The van der Waals surface area contributed by atoms with Gasteiger partial charge in [-0.25, -0.2) is 0 Å². The number of benzene rings is 1. The van der Waals surface area contributed by atoms with E-state index in [-0.39, 0.29) is 0 Å². The molecule has 1 aromatic rings. The van der Waals surface area contributed by atoms with Crippen LogP contribution in [0.1, 0.15) is 12.5 Å². The summed E-state index contributed by atoms with van der Waals surface area (Å²) < 4.78 is 0. The van der Waals surface area contributed by atoms with Gasteiger partial charge in [-0.2, -0.15) is 0 Å². The number of nitrogens with one attached hydrogen (secondary N) is 1. The molecule has 0 saturated carbocycles. The zero-order chi connectivity index (χ0) is 9.52. The molecular formula is C11H15NO. The van der Waals surface area contributed by atoms with Crippen LogP contribution in [0.5, 0.6) is 5.75 Å². The first-order valence-corrected chi connectivity index (χ1v) is 4.43. The lowest BCUT2D eigenvalue weighted by Gasteiger charge is -2.03. The Hall–Kier alpha value is -1.28. The molecule has 70 valence electrons. The van der Waals surface area contributed by atoms with Crippen LogP contribution in [0.25, 0.3) is 0 Å². The van der Waals surface area contributed by atoms with E-state index in [0.717, 1.165) is 12.1 Å². The predicted octanol–water partition coefficient (Wildman–Crippen LogP) is 2.06. The van der Waals surface area contributed by atoms with Crippen LogP contribution >= 0.6 is 0 Å². The minimum absolute atomic E-state index is 0.357. The molecule has 0 aromatic heterocycles. The van der Waals surface area contributed by atoms with E-state index in [0.29, 0.717) is 12.3 Å². The monoisotopic (exact) mass is 177 g/mol. The van der Waals surface area contributed by atoms with Gasteiger partial charge in [0.05, 0.1) is 0 Å². The zero-order valence-corrected chi connectivity index (χ0v) is 7.83. The van der Waals surface area contributed by atoms with Gasteiger partial charge >= 0.3 is 0 Å². The van der Waals surface area contributed by atoms with E-state index in [2.05, 4.69) is 5.32 Å². The van der Waals surface area contributed by atoms with E-state index < -0.39 is 0 Å². The number of para-hydroxylation sites is 1. The smallest absolute Gasteiger partial charge is 0.120 e. The highest BCUT2D eigenvalue weighted by Gasteiger charge is 1.96. The molecule has 0 aliphatic heterocycles. The van der Waals surface area contributed by atoms with Crippen molar-refractivity contribution in [3.8, 4) is 5.75 Å². The van der Waals surface area contributed by atoms with Crippen molar-refractivity contribution in [3.05, 3.63) is 42.0 Å². The average molecular weight is 177 g/mol. The van der Waals surface area contributed by atoms with Crippen LogP contribution in [0, 0.1) is 0 Å². The van der Waals surface area contributed by atoms with Gasteiger partial charge in [0, 0.05) is 18.7 Å². The average Bonchev–Trinajstić information content (AvgIpc) is 2.15. The second-order valence-electron chi connectivity index (χ2n) is 2.83. The SMILES string of the molecule is C/C=C/CNCc1ccccc1O. The number of rotatable bonds is 4. The number of phenolic OH excluding ortho intramolecular Hbond substituents is 1. The van der Waals surface area contributed by atoms with Gasteiger partial charge in [0.1, 0.15) is 5.75 Å². The summed E-state index contributed by atoms with van der Waals surface area (Å²) in [6, 6.07) is 7.36. The minimum atomic E-state index is 0.357. The van der Waals surface area contributed by atoms with Crippen molar-refractivity contribution < 1.29 is 5.11 Å². The Morgan fingerprint density at radius 1 is 1.38 bits per heavy atom. The molecule has 0 amide bonds. The first kappa shape index (κ1) is 9.81. The molecule has 0 heterocycles. The molecule has 0 bridgehead atoms. The van der Waals surface area contributed by atoms with E-state index in [1.807, 2.05) is 37.3 Å². The molecular weight excluding hydrogens is 162 g/mol.